The molecule has 0 spiro atoms. The van der Waals surface area contributed by atoms with Crippen LogP contribution in [0.15, 0.2) is 41.8 Å². The van der Waals surface area contributed by atoms with Crippen LogP contribution in [-0.4, -0.2) is 12.5 Å². The molecule has 3 nitrogen and oxygen atoms in total. The summed E-state index contributed by atoms with van der Waals surface area (Å²) in [5.74, 6) is 0.454. The van der Waals surface area contributed by atoms with Crippen molar-refractivity contribution >= 4 is 22.9 Å². The second kappa shape index (κ2) is 5.38. The van der Waals surface area contributed by atoms with Gasteiger partial charge in [0.15, 0.2) is 0 Å². The highest BCUT2D eigenvalue weighted by Gasteiger charge is 2.30. The molecule has 1 aromatic carbocycles. The number of rotatable bonds is 2. The predicted molar refractivity (Wildman–Crippen MR) is 82.9 cm³/mol. The van der Waals surface area contributed by atoms with Crippen LogP contribution >= 0.6 is 11.3 Å². The third kappa shape index (κ3) is 2.37. The van der Waals surface area contributed by atoms with E-state index in [9.17, 15) is 4.79 Å². The lowest BCUT2D eigenvalue weighted by atomic mass is 9.93. The van der Waals surface area contributed by atoms with E-state index in [1.54, 1.807) is 0 Å². The first-order chi connectivity index (χ1) is 9.66. The summed E-state index contributed by atoms with van der Waals surface area (Å²) in [7, 11) is 0. The van der Waals surface area contributed by atoms with E-state index >= 15 is 0 Å². The fourth-order valence-corrected chi connectivity index (χ4v) is 3.48. The first kappa shape index (κ1) is 13.3. The number of carbonyl (C=O) groups excluding carboxylic acids is 1. The Kier molecular flexibility index (Phi) is 3.59. The highest BCUT2D eigenvalue weighted by Crippen LogP contribution is 2.31. The van der Waals surface area contributed by atoms with Crippen molar-refractivity contribution in [3.8, 4) is 0 Å². The molecular weight excluding hydrogens is 268 g/mol. The number of nitrogens with zero attached hydrogens (tertiary/aromatic N) is 1. The summed E-state index contributed by atoms with van der Waals surface area (Å²) < 4.78 is 0. The Hall–Kier alpha value is -1.65. The van der Waals surface area contributed by atoms with E-state index in [4.69, 9.17) is 5.73 Å². The Morgan fingerprint density at radius 3 is 2.90 bits per heavy atom. The molecule has 0 saturated carbocycles. The highest BCUT2D eigenvalue weighted by atomic mass is 32.1. The van der Waals surface area contributed by atoms with Gasteiger partial charge in [0.2, 0.25) is 5.91 Å². The Balaban J connectivity index is 1.92. The predicted octanol–water partition coefficient (Wildman–Crippen LogP) is 2.97. The number of carbonyl (C=O) groups is 1. The number of fused-ring (bicyclic) bond motifs is 1. The van der Waals surface area contributed by atoms with Crippen molar-refractivity contribution in [2.45, 2.75) is 19.4 Å². The van der Waals surface area contributed by atoms with Crippen molar-refractivity contribution in [2.75, 3.05) is 11.4 Å². The maximum Gasteiger partial charge on any atom is 0.249 e. The molecule has 2 heterocycles. The quantitative estimate of drug-likeness (QED) is 0.922. The highest BCUT2D eigenvalue weighted by molar-refractivity contribution is 7.10. The molecule has 1 aliphatic heterocycles. The maximum absolute atomic E-state index is 12.7. The normalized spacial score (nSPS) is 19.5. The number of nitrogens with two attached hydrogens (primary N) is 1. The lowest BCUT2D eigenvalue weighted by Crippen LogP contribution is -2.43. The number of para-hydroxylation sites is 1. The molecule has 20 heavy (non-hydrogen) atoms. The van der Waals surface area contributed by atoms with Gasteiger partial charge in [0, 0.05) is 17.1 Å². The zero-order chi connectivity index (χ0) is 14.1. The molecule has 1 aromatic heterocycles. The summed E-state index contributed by atoms with van der Waals surface area (Å²) in [6.45, 7) is 2.92. The summed E-state index contributed by atoms with van der Waals surface area (Å²) in [5.41, 5.74) is 8.39. The van der Waals surface area contributed by atoms with Crippen LogP contribution in [-0.2, 0) is 11.2 Å². The van der Waals surface area contributed by atoms with E-state index in [2.05, 4.69) is 13.0 Å². The monoisotopic (exact) mass is 286 g/mol. The molecule has 3 rings (SSSR count). The molecule has 2 atom stereocenters. The van der Waals surface area contributed by atoms with Crippen LogP contribution in [0.2, 0.25) is 0 Å². The Bertz CT molecular complexity index is 609. The Labute approximate surface area is 123 Å². The van der Waals surface area contributed by atoms with Crippen molar-refractivity contribution in [3.05, 3.63) is 52.2 Å². The first-order valence-electron chi connectivity index (χ1n) is 6.85. The second-order valence-corrected chi connectivity index (χ2v) is 6.36. The second-order valence-electron chi connectivity index (χ2n) is 5.38. The molecule has 2 unspecified atom stereocenters. The Morgan fingerprint density at radius 2 is 2.15 bits per heavy atom. The van der Waals surface area contributed by atoms with E-state index in [0.717, 1.165) is 23.5 Å². The van der Waals surface area contributed by atoms with Crippen LogP contribution in [0, 0.1) is 5.92 Å². The average Bonchev–Trinajstić information content (AvgIpc) is 2.99. The fraction of sp³-hybridized carbons (Fsp3) is 0.312. The summed E-state index contributed by atoms with van der Waals surface area (Å²) >= 11 is 1.53. The molecule has 0 aliphatic carbocycles. The van der Waals surface area contributed by atoms with E-state index in [-0.39, 0.29) is 5.91 Å². The zero-order valence-corrected chi connectivity index (χ0v) is 12.3. The number of thiophene rings is 1. The molecule has 0 fully saturated rings. The third-order valence-corrected chi connectivity index (χ3v) is 4.68. The SMILES string of the molecule is CC1Cc2ccccc2N(C(=O)C(N)c2cccs2)C1. The van der Waals surface area contributed by atoms with Crippen molar-refractivity contribution < 1.29 is 4.79 Å². The molecular formula is C16H18N2OS. The van der Waals surface area contributed by atoms with Crippen LogP contribution in [0.3, 0.4) is 0 Å². The molecule has 2 aromatic rings. The van der Waals surface area contributed by atoms with E-state index in [1.807, 2.05) is 40.6 Å². The molecule has 0 saturated heterocycles. The van der Waals surface area contributed by atoms with Crippen LogP contribution in [0.1, 0.15) is 23.4 Å². The van der Waals surface area contributed by atoms with Gasteiger partial charge in [0.1, 0.15) is 6.04 Å². The van der Waals surface area contributed by atoms with E-state index in [0.29, 0.717) is 5.92 Å². The molecule has 1 amide bonds. The molecule has 2 N–H and O–H groups in total. The standard InChI is InChI=1S/C16H18N2OS/c1-11-9-12-5-2-3-6-13(12)18(10-11)16(19)15(17)14-7-4-8-20-14/h2-8,11,15H,9-10,17H2,1H3. The minimum absolute atomic E-state index is 0.00792. The molecule has 0 radical (unpaired) electrons. The van der Waals surface area contributed by atoms with Gasteiger partial charge in [-0.25, -0.2) is 0 Å². The molecule has 4 heteroatoms. The number of benzene rings is 1. The summed E-state index contributed by atoms with van der Waals surface area (Å²) in [5, 5.41) is 1.95. The first-order valence-corrected chi connectivity index (χ1v) is 7.73. The van der Waals surface area contributed by atoms with Gasteiger partial charge in [-0.1, -0.05) is 31.2 Å². The van der Waals surface area contributed by atoms with E-state index in [1.165, 1.54) is 16.9 Å². The van der Waals surface area contributed by atoms with Gasteiger partial charge in [-0.15, -0.1) is 11.3 Å². The third-order valence-electron chi connectivity index (χ3n) is 3.73. The van der Waals surface area contributed by atoms with Crippen molar-refractivity contribution in [1.82, 2.24) is 0 Å². The fourth-order valence-electron chi connectivity index (χ4n) is 2.76. The number of amides is 1. The minimum Gasteiger partial charge on any atom is -0.316 e. The van der Waals surface area contributed by atoms with Crippen LogP contribution in [0.4, 0.5) is 5.69 Å². The molecule has 104 valence electrons. The van der Waals surface area contributed by atoms with Crippen LogP contribution < -0.4 is 10.6 Å². The van der Waals surface area contributed by atoms with Gasteiger partial charge in [-0.05, 0) is 35.4 Å². The van der Waals surface area contributed by atoms with Gasteiger partial charge in [0.05, 0.1) is 0 Å². The van der Waals surface area contributed by atoms with Gasteiger partial charge in [-0.3, -0.25) is 4.79 Å². The van der Waals surface area contributed by atoms with Gasteiger partial charge in [-0.2, -0.15) is 0 Å². The summed E-state index contributed by atoms with van der Waals surface area (Å²) in [6.07, 6.45) is 1.02. The number of anilines is 1. The topological polar surface area (TPSA) is 46.3 Å². The van der Waals surface area contributed by atoms with Crippen LogP contribution in [0.5, 0.6) is 0 Å². The molecule has 0 bridgehead atoms. The van der Waals surface area contributed by atoms with Gasteiger partial charge >= 0.3 is 0 Å². The molecule has 1 aliphatic rings. The smallest absolute Gasteiger partial charge is 0.249 e. The lowest BCUT2D eigenvalue weighted by Gasteiger charge is -2.34. The minimum atomic E-state index is -0.562. The Morgan fingerprint density at radius 1 is 1.35 bits per heavy atom. The lowest BCUT2D eigenvalue weighted by molar-refractivity contribution is -0.120. The zero-order valence-electron chi connectivity index (χ0n) is 11.5. The summed E-state index contributed by atoms with van der Waals surface area (Å²) in [4.78, 5) is 15.5. The van der Waals surface area contributed by atoms with Crippen LogP contribution in [0.25, 0.3) is 0 Å². The number of hydrogen-bond donors (Lipinski definition) is 1. The maximum atomic E-state index is 12.7. The van der Waals surface area contributed by atoms with Crippen molar-refractivity contribution in [1.29, 1.82) is 0 Å². The average molecular weight is 286 g/mol. The van der Waals surface area contributed by atoms with E-state index < -0.39 is 6.04 Å². The van der Waals surface area contributed by atoms with Gasteiger partial charge in [0.25, 0.3) is 0 Å². The van der Waals surface area contributed by atoms with Gasteiger partial charge < -0.3 is 10.6 Å². The largest absolute Gasteiger partial charge is 0.316 e. The van der Waals surface area contributed by atoms with Crippen molar-refractivity contribution in [2.24, 2.45) is 11.7 Å². The number of hydrogen-bond acceptors (Lipinski definition) is 3. The van der Waals surface area contributed by atoms with Crippen molar-refractivity contribution in [3.63, 3.8) is 0 Å². The summed E-state index contributed by atoms with van der Waals surface area (Å²) in [6, 6.07) is 11.4.